The highest BCUT2D eigenvalue weighted by atomic mass is 16.3. The van der Waals surface area contributed by atoms with E-state index in [-0.39, 0.29) is 0 Å². The Morgan fingerprint density at radius 2 is 0.803 bits per heavy atom. The first-order valence-electron chi connectivity index (χ1n) is 20.8. The van der Waals surface area contributed by atoms with E-state index in [4.69, 9.17) is 8.83 Å². The number of anilines is 3. The highest BCUT2D eigenvalue weighted by Crippen LogP contribution is 2.49. The van der Waals surface area contributed by atoms with Crippen LogP contribution in [0.15, 0.2) is 221 Å². The number of benzene rings is 11. The molecule has 0 unspecified atom stereocenters. The summed E-state index contributed by atoms with van der Waals surface area (Å²) in [6, 6.07) is 76.2. The van der Waals surface area contributed by atoms with Crippen LogP contribution in [-0.2, 0) is 0 Å². The van der Waals surface area contributed by atoms with Crippen molar-refractivity contribution < 1.29 is 8.83 Å². The molecule has 0 spiro atoms. The van der Waals surface area contributed by atoms with E-state index in [2.05, 4.69) is 217 Å². The maximum Gasteiger partial charge on any atom is 0.143 e. The van der Waals surface area contributed by atoms with Crippen LogP contribution < -0.4 is 4.90 Å². The molecule has 0 aliphatic carbocycles. The monoisotopic (exact) mass is 777 g/mol. The molecule has 0 saturated heterocycles. The van der Waals surface area contributed by atoms with Crippen molar-refractivity contribution in [3.63, 3.8) is 0 Å². The predicted octanol–water partition coefficient (Wildman–Crippen LogP) is 16.9. The summed E-state index contributed by atoms with van der Waals surface area (Å²) in [4.78, 5) is 2.39. The predicted molar refractivity (Wildman–Crippen MR) is 257 cm³/mol. The van der Waals surface area contributed by atoms with E-state index in [1.807, 2.05) is 0 Å². The van der Waals surface area contributed by atoms with Crippen molar-refractivity contribution in [2.75, 3.05) is 4.90 Å². The summed E-state index contributed by atoms with van der Waals surface area (Å²) in [5.74, 6) is 0. The van der Waals surface area contributed by atoms with Crippen LogP contribution in [0.5, 0.6) is 0 Å². The lowest BCUT2D eigenvalue weighted by molar-refractivity contribution is 0.670. The van der Waals surface area contributed by atoms with Crippen molar-refractivity contribution in [2.45, 2.75) is 0 Å². The summed E-state index contributed by atoms with van der Waals surface area (Å²) in [5, 5.41) is 13.7. The van der Waals surface area contributed by atoms with Gasteiger partial charge >= 0.3 is 0 Å². The van der Waals surface area contributed by atoms with Crippen molar-refractivity contribution in [1.29, 1.82) is 0 Å². The molecule has 0 N–H and O–H groups in total. The van der Waals surface area contributed by atoms with Crippen LogP contribution in [0.4, 0.5) is 17.1 Å². The number of para-hydroxylation sites is 1. The Hall–Kier alpha value is -8.14. The number of nitrogens with zero attached hydrogens (tertiary/aromatic N) is 1. The molecular weight excluding hydrogens is 743 g/mol. The number of rotatable bonds is 5. The standard InChI is InChI=1S/C58H35NO2/c1-3-16-39-33-41(31-29-36(39)13-1)59(42-32-30-37-14-2-4-17-40(37)34-42)52-26-12-28-54-56(52)51-35-50(45-20-7-8-21-47(45)58(51)61-54)48-24-10-25-49-55-46(23-11-27-53(55)60-57(48)49)44-22-9-18-38-15-5-6-19-43(38)44/h1-35H. The second kappa shape index (κ2) is 13.2. The van der Waals surface area contributed by atoms with Gasteiger partial charge in [0.25, 0.3) is 0 Å². The molecule has 3 nitrogen and oxygen atoms in total. The Bertz CT molecular complexity index is 3820. The van der Waals surface area contributed by atoms with Crippen LogP contribution in [0.1, 0.15) is 0 Å². The lowest BCUT2D eigenvalue weighted by atomic mass is 9.92. The molecule has 2 aromatic heterocycles. The van der Waals surface area contributed by atoms with Crippen LogP contribution in [0.2, 0.25) is 0 Å². The van der Waals surface area contributed by atoms with Gasteiger partial charge in [0.15, 0.2) is 0 Å². The van der Waals surface area contributed by atoms with E-state index in [1.165, 1.54) is 43.4 Å². The summed E-state index contributed by atoms with van der Waals surface area (Å²) < 4.78 is 13.9. The lowest BCUT2D eigenvalue weighted by Gasteiger charge is -2.27. The van der Waals surface area contributed by atoms with Gasteiger partial charge in [0.2, 0.25) is 0 Å². The molecule has 3 heteroatoms. The Kier molecular flexibility index (Phi) is 7.31. The van der Waals surface area contributed by atoms with Gasteiger partial charge in [-0.25, -0.2) is 0 Å². The minimum Gasteiger partial charge on any atom is -0.455 e. The summed E-state index contributed by atoms with van der Waals surface area (Å²) in [6.45, 7) is 0. The highest BCUT2D eigenvalue weighted by Gasteiger charge is 2.24. The molecule has 0 radical (unpaired) electrons. The van der Waals surface area contributed by atoms with Crippen molar-refractivity contribution in [2.24, 2.45) is 0 Å². The van der Waals surface area contributed by atoms with Crippen LogP contribution in [0.3, 0.4) is 0 Å². The molecule has 0 atom stereocenters. The zero-order valence-corrected chi connectivity index (χ0v) is 33.0. The minimum absolute atomic E-state index is 0.836. The smallest absolute Gasteiger partial charge is 0.143 e. The minimum atomic E-state index is 0.836. The molecule has 0 aliphatic rings. The van der Waals surface area contributed by atoms with Gasteiger partial charge in [-0.2, -0.15) is 0 Å². The molecule has 284 valence electrons. The van der Waals surface area contributed by atoms with E-state index >= 15 is 0 Å². The molecule has 13 rings (SSSR count). The molecule has 11 aromatic carbocycles. The summed E-state index contributed by atoms with van der Waals surface area (Å²) in [5.41, 5.74) is 11.1. The Morgan fingerprint density at radius 1 is 0.279 bits per heavy atom. The van der Waals surface area contributed by atoms with Crippen molar-refractivity contribution >= 4 is 104 Å². The molecule has 61 heavy (non-hydrogen) atoms. The van der Waals surface area contributed by atoms with Crippen LogP contribution in [0, 0.1) is 0 Å². The maximum atomic E-state index is 6.96. The van der Waals surface area contributed by atoms with Gasteiger partial charge in [0.1, 0.15) is 22.3 Å². The van der Waals surface area contributed by atoms with Gasteiger partial charge in [-0.15, -0.1) is 0 Å². The molecule has 13 aromatic rings. The summed E-state index contributed by atoms with van der Waals surface area (Å²) >= 11 is 0. The zero-order chi connectivity index (χ0) is 40.0. The van der Waals surface area contributed by atoms with Gasteiger partial charge in [0, 0.05) is 38.5 Å². The fourth-order valence-electron chi connectivity index (χ4n) is 9.84. The van der Waals surface area contributed by atoms with Gasteiger partial charge in [-0.1, -0.05) is 164 Å². The van der Waals surface area contributed by atoms with E-state index in [0.29, 0.717) is 0 Å². The van der Waals surface area contributed by atoms with Crippen molar-refractivity contribution in [3.8, 4) is 22.3 Å². The van der Waals surface area contributed by atoms with E-state index in [1.54, 1.807) is 0 Å². The first kappa shape index (κ1) is 33.8. The summed E-state index contributed by atoms with van der Waals surface area (Å²) in [7, 11) is 0. The lowest BCUT2D eigenvalue weighted by Crippen LogP contribution is -2.10. The molecule has 0 aliphatic heterocycles. The largest absolute Gasteiger partial charge is 0.455 e. The molecular formula is C58H35NO2. The third-order valence-corrected chi connectivity index (χ3v) is 12.6. The Morgan fingerprint density at radius 3 is 1.56 bits per heavy atom. The zero-order valence-electron chi connectivity index (χ0n) is 33.0. The second-order valence-corrected chi connectivity index (χ2v) is 16.0. The van der Waals surface area contributed by atoms with Gasteiger partial charge in [-0.3, -0.25) is 0 Å². The Balaban J connectivity index is 1.08. The number of fused-ring (bicyclic) bond motifs is 11. The average Bonchev–Trinajstić information content (AvgIpc) is 3.91. The van der Waals surface area contributed by atoms with Crippen molar-refractivity contribution in [1.82, 2.24) is 0 Å². The van der Waals surface area contributed by atoms with E-state index < -0.39 is 0 Å². The number of hydrogen-bond donors (Lipinski definition) is 0. The quantitative estimate of drug-likeness (QED) is 0.174. The third-order valence-electron chi connectivity index (χ3n) is 12.6. The van der Waals surface area contributed by atoms with E-state index in [0.717, 1.165) is 82.8 Å². The summed E-state index contributed by atoms with van der Waals surface area (Å²) in [6.07, 6.45) is 0. The molecule has 2 heterocycles. The maximum absolute atomic E-state index is 6.96. The first-order chi connectivity index (χ1) is 30.2. The van der Waals surface area contributed by atoms with E-state index in [9.17, 15) is 0 Å². The average molecular weight is 778 g/mol. The molecule has 0 amide bonds. The number of furan rings is 2. The SMILES string of the molecule is c1ccc2cc(N(c3ccc4ccccc4c3)c3cccc4oc5c6ccccc6c(-c6cccc7c6oc6cccc(-c8cccc9ccccc89)c67)cc5c34)ccc2c1. The first-order valence-corrected chi connectivity index (χ1v) is 20.8. The fraction of sp³-hybridized carbons (Fsp3) is 0. The molecule has 0 bridgehead atoms. The van der Waals surface area contributed by atoms with Crippen LogP contribution >= 0.6 is 0 Å². The number of hydrogen-bond acceptors (Lipinski definition) is 3. The third kappa shape index (κ3) is 5.17. The topological polar surface area (TPSA) is 29.5 Å². The molecule has 0 saturated carbocycles. The molecule has 0 fully saturated rings. The second-order valence-electron chi connectivity index (χ2n) is 16.0. The van der Waals surface area contributed by atoms with Gasteiger partial charge in [0.05, 0.1) is 11.1 Å². The normalized spacial score (nSPS) is 11.9. The fourth-order valence-corrected chi connectivity index (χ4v) is 9.84. The highest BCUT2D eigenvalue weighted by molar-refractivity contribution is 6.25. The Labute approximate surface area is 350 Å². The van der Waals surface area contributed by atoms with Crippen LogP contribution in [-0.4, -0.2) is 0 Å². The van der Waals surface area contributed by atoms with Gasteiger partial charge < -0.3 is 13.7 Å². The van der Waals surface area contributed by atoms with Crippen molar-refractivity contribution in [3.05, 3.63) is 212 Å². The van der Waals surface area contributed by atoms with Gasteiger partial charge in [-0.05, 0) is 103 Å². The van der Waals surface area contributed by atoms with Crippen LogP contribution in [0.25, 0.3) is 109 Å².